The minimum absolute atomic E-state index is 0. The molecule has 1 N–H and O–H groups in total. The van der Waals surface area contributed by atoms with E-state index in [9.17, 15) is 0 Å². The van der Waals surface area contributed by atoms with E-state index in [1.807, 2.05) is 12.1 Å². The molecule has 1 unspecified atom stereocenters. The first-order valence-corrected chi connectivity index (χ1v) is 6.61. The highest BCUT2D eigenvalue weighted by molar-refractivity contribution is 5.85. The molecule has 1 atom stereocenters. The molecule has 1 aromatic carbocycles. The van der Waals surface area contributed by atoms with Crippen molar-refractivity contribution in [2.75, 3.05) is 19.8 Å². The molecule has 0 aliphatic carbocycles. The quantitative estimate of drug-likeness (QED) is 0.942. The van der Waals surface area contributed by atoms with Gasteiger partial charge < -0.3 is 14.6 Å². The van der Waals surface area contributed by atoms with Crippen LogP contribution in [0.2, 0.25) is 0 Å². The molecule has 1 aliphatic heterocycles. The maximum absolute atomic E-state index is 5.39. The van der Waals surface area contributed by atoms with Crippen LogP contribution >= 0.6 is 12.4 Å². The Hall–Kier alpha value is -1.43. The van der Waals surface area contributed by atoms with Crippen LogP contribution in [0.25, 0.3) is 11.4 Å². The van der Waals surface area contributed by atoms with Gasteiger partial charge in [-0.1, -0.05) is 36.3 Å². The van der Waals surface area contributed by atoms with Crippen LogP contribution in [0.5, 0.6) is 0 Å². The highest BCUT2D eigenvalue weighted by Crippen LogP contribution is 2.20. The van der Waals surface area contributed by atoms with E-state index >= 15 is 0 Å². The summed E-state index contributed by atoms with van der Waals surface area (Å²) in [6, 6.07) is 8.24. The maximum atomic E-state index is 5.39. The van der Waals surface area contributed by atoms with E-state index in [2.05, 4.69) is 34.5 Å². The van der Waals surface area contributed by atoms with Crippen LogP contribution < -0.4 is 5.32 Å². The Morgan fingerprint density at radius 1 is 1.30 bits per heavy atom. The number of nitrogens with zero attached hydrogens (tertiary/aromatic N) is 2. The third kappa shape index (κ3) is 3.17. The van der Waals surface area contributed by atoms with Gasteiger partial charge in [0.1, 0.15) is 6.04 Å². The lowest BCUT2D eigenvalue weighted by Gasteiger charge is -2.20. The molecule has 1 fully saturated rings. The van der Waals surface area contributed by atoms with Crippen molar-refractivity contribution in [3.05, 3.63) is 35.7 Å². The second-order valence-electron chi connectivity index (χ2n) is 4.59. The van der Waals surface area contributed by atoms with Crippen LogP contribution in [-0.4, -0.2) is 29.9 Å². The number of rotatable bonds is 3. The number of aromatic nitrogens is 2. The molecular weight excluding hydrogens is 278 g/mol. The Labute approximate surface area is 124 Å². The Morgan fingerprint density at radius 2 is 2.10 bits per heavy atom. The zero-order valence-corrected chi connectivity index (χ0v) is 12.2. The summed E-state index contributed by atoms with van der Waals surface area (Å²) in [7, 11) is 0. The van der Waals surface area contributed by atoms with E-state index < -0.39 is 0 Å². The lowest BCUT2D eigenvalue weighted by molar-refractivity contribution is 0.0659. The third-order valence-electron chi connectivity index (χ3n) is 3.28. The molecule has 0 radical (unpaired) electrons. The van der Waals surface area contributed by atoms with Gasteiger partial charge in [0.2, 0.25) is 11.7 Å². The van der Waals surface area contributed by atoms with Gasteiger partial charge in [0, 0.05) is 12.1 Å². The normalized spacial score (nSPS) is 18.6. The molecule has 20 heavy (non-hydrogen) atoms. The number of halogens is 1. The molecular formula is C14H18ClN3O2. The van der Waals surface area contributed by atoms with Gasteiger partial charge in [-0.05, 0) is 12.0 Å². The summed E-state index contributed by atoms with van der Waals surface area (Å²) in [6.07, 6.45) is 1.03. The first-order chi connectivity index (χ1) is 9.36. The molecule has 5 nitrogen and oxygen atoms in total. The van der Waals surface area contributed by atoms with E-state index in [1.165, 1.54) is 5.56 Å². The minimum Gasteiger partial charge on any atom is -0.378 e. The van der Waals surface area contributed by atoms with E-state index in [4.69, 9.17) is 9.26 Å². The van der Waals surface area contributed by atoms with Crippen molar-refractivity contribution in [3.63, 3.8) is 0 Å². The van der Waals surface area contributed by atoms with Crippen LogP contribution in [0, 0.1) is 0 Å². The summed E-state index contributed by atoms with van der Waals surface area (Å²) >= 11 is 0. The SMILES string of the molecule is CCc1ccc(-c2noc(C3COCCN3)n2)cc1.Cl. The standard InChI is InChI=1S/C14H17N3O2.ClH/c1-2-10-3-5-11(6-4-10)13-16-14(19-17-13)12-9-18-8-7-15-12;/h3-6,12,15H,2,7-9H2,1H3;1H. The fourth-order valence-electron chi connectivity index (χ4n) is 2.11. The van der Waals surface area contributed by atoms with Gasteiger partial charge in [0.05, 0.1) is 13.2 Å². The maximum Gasteiger partial charge on any atom is 0.246 e. The van der Waals surface area contributed by atoms with Crippen LogP contribution in [-0.2, 0) is 11.2 Å². The predicted octanol–water partition coefficient (Wildman–Crippen LogP) is 2.38. The van der Waals surface area contributed by atoms with Gasteiger partial charge in [-0.15, -0.1) is 12.4 Å². The van der Waals surface area contributed by atoms with Gasteiger partial charge in [-0.25, -0.2) is 0 Å². The highest BCUT2D eigenvalue weighted by Gasteiger charge is 2.21. The summed E-state index contributed by atoms with van der Waals surface area (Å²) in [6.45, 7) is 4.26. The molecule has 6 heteroatoms. The molecule has 3 rings (SSSR count). The number of ether oxygens (including phenoxy) is 1. The lowest BCUT2D eigenvalue weighted by Crippen LogP contribution is -2.34. The Balaban J connectivity index is 0.00000147. The van der Waals surface area contributed by atoms with Crippen LogP contribution in [0.3, 0.4) is 0 Å². The molecule has 2 heterocycles. The number of nitrogens with one attached hydrogen (secondary N) is 1. The first-order valence-electron chi connectivity index (χ1n) is 6.61. The summed E-state index contributed by atoms with van der Waals surface area (Å²) in [4.78, 5) is 4.44. The molecule has 0 saturated carbocycles. The van der Waals surface area contributed by atoms with Crippen LogP contribution in [0.4, 0.5) is 0 Å². The van der Waals surface area contributed by atoms with Crippen molar-refractivity contribution >= 4 is 12.4 Å². The molecule has 1 aromatic heterocycles. The van der Waals surface area contributed by atoms with Crippen molar-refractivity contribution in [1.29, 1.82) is 0 Å². The second-order valence-corrected chi connectivity index (χ2v) is 4.59. The van der Waals surface area contributed by atoms with E-state index in [0.29, 0.717) is 18.3 Å². The minimum atomic E-state index is 0. The highest BCUT2D eigenvalue weighted by atomic mass is 35.5. The number of benzene rings is 1. The lowest BCUT2D eigenvalue weighted by atomic mass is 10.1. The Kier molecular flexibility index (Phi) is 5.11. The zero-order valence-electron chi connectivity index (χ0n) is 11.3. The molecule has 1 aliphatic rings. The van der Waals surface area contributed by atoms with E-state index in [1.54, 1.807) is 0 Å². The summed E-state index contributed by atoms with van der Waals surface area (Å²) in [5.41, 5.74) is 2.28. The van der Waals surface area contributed by atoms with Crippen molar-refractivity contribution < 1.29 is 9.26 Å². The van der Waals surface area contributed by atoms with Crippen molar-refractivity contribution in [2.24, 2.45) is 0 Å². The van der Waals surface area contributed by atoms with Gasteiger partial charge in [0.15, 0.2) is 0 Å². The molecule has 0 spiro atoms. The number of aryl methyl sites for hydroxylation is 1. The fraction of sp³-hybridized carbons (Fsp3) is 0.429. The molecule has 108 valence electrons. The van der Waals surface area contributed by atoms with E-state index in [-0.39, 0.29) is 18.4 Å². The van der Waals surface area contributed by atoms with E-state index in [0.717, 1.165) is 25.1 Å². The fourth-order valence-corrected chi connectivity index (χ4v) is 2.11. The molecule has 1 saturated heterocycles. The largest absolute Gasteiger partial charge is 0.378 e. The summed E-state index contributed by atoms with van der Waals surface area (Å²) in [5.74, 6) is 1.22. The second kappa shape index (κ2) is 6.83. The Morgan fingerprint density at radius 3 is 2.75 bits per heavy atom. The van der Waals surface area contributed by atoms with Crippen molar-refractivity contribution in [3.8, 4) is 11.4 Å². The van der Waals surface area contributed by atoms with Gasteiger partial charge in [0.25, 0.3) is 0 Å². The molecule has 2 aromatic rings. The van der Waals surface area contributed by atoms with Crippen LogP contribution in [0.15, 0.2) is 28.8 Å². The number of hydrogen-bond acceptors (Lipinski definition) is 5. The Bertz CT molecular complexity index is 536. The van der Waals surface area contributed by atoms with Crippen molar-refractivity contribution in [2.45, 2.75) is 19.4 Å². The average molecular weight is 296 g/mol. The topological polar surface area (TPSA) is 60.2 Å². The van der Waals surface area contributed by atoms with Gasteiger partial charge in [-0.2, -0.15) is 4.98 Å². The average Bonchev–Trinajstić information content (AvgIpc) is 2.98. The number of morpholine rings is 1. The summed E-state index contributed by atoms with van der Waals surface area (Å²) in [5, 5.41) is 7.33. The monoisotopic (exact) mass is 295 g/mol. The number of hydrogen-bond donors (Lipinski definition) is 1. The van der Waals surface area contributed by atoms with Gasteiger partial charge >= 0.3 is 0 Å². The summed E-state index contributed by atoms with van der Waals surface area (Å²) < 4.78 is 10.7. The third-order valence-corrected chi connectivity index (χ3v) is 3.28. The van der Waals surface area contributed by atoms with Gasteiger partial charge in [-0.3, -0.25) is 0 Å². The molecule has 0 bridgehead atoms. The smallest absolute Gasteiger partial charge is 0.246 e. The predicted molar refractivity (Wildman–Crippen MR) is 77.9 cm³/mol. The zero-order chi connectivity index (χ0) is 13.1. The van der Waals surface area contributed by atoms with Crippen LogP contribution in [0.1, 0.15) is 24.4 Å². The first kappa shape index (κ1) is 15.0. The molecule has 0 amide bonds. The van der Waals surface area contributed by atoms with Crippen molar-refractivity contribution in [1.82, 2.24) is 15.5 Å².